The lowest BCUT2D eigenvalue weighted by Crippen LogP contribution is -2.57. The first-order chi connectivity index (χ1) is 15.5. The molecule has 176 valence electrons. The maximum absolute atomic E-state index is 12.7. The molecule has 2 fully saturated rings. The number of phenols is 1. The number of aromatic hydroxyl groups is 1. The van der Waals surface area contributed by atoms with Crippen molar-refractivity contribution in [2.24, 2.45) is 4.99 Å². The predicted molar refractivity (Wildman–Crippen MR) is 125 cm³/mol. The SMILES string of the molecule is CCNC(=NCCNC(=O)c1ccc(O)cc1)N1CCN(C(C)C(=O)N2CCCC2)CC1. The van der Waals surface area contributed by atoms with Crippen LogP contribution in [0.1, 0.15) is 37.0 Å². The summed E-state index contributed by atoms with van der Waals surface area (Å²) in [6.07, 6.45) is 2.23. The van der Waals surface area contributed by atoms with E-state index in [1.165, 1.54) is 12.1 Å². The molecule has 0 aliphatic carbocycles. The second-order valence-corrected chi connectivity index (χ2v) is 8.27. The van der Waals surface area contributed by atoms with Crippen molar-refractivity contribution in [3.05, 3.63) is 29.8 Å². The van der Waals surface area contributed by atoms with Gasteiger partial charge in [0.25, 0.3) is 5.91 Å². The Morgan fingerprint density at radius 2 is 1.66 bits per heavy atom. The number of amides is 2. The van der Waals surface area contributed by atoms with Crippen molar-refractivity contribution in [3.63, 3.8) is 0 Å². The fourth-order valence-electron chi connectivity index (χ4n) is 4.15. The summed E-state index contributed by atoms with van der Waals surface area (Å²) in [5.74, 6) is 1.04. The summed E-state index contributed by atoms with van der Waals surface area (Å²) in [5.41, 5.74) is 0.507. The molecule has 1 aromatic carbocycles. The Morgan fingerprint density at radius 3 is 2.28 bits per heavy atom. The highest BCUT2D eigenvalue weighted by Crippen LogP contribution is 2.14. The van der Waals surface area contributed by atoms with Crippen molar-refractivity contribution in [1.29, 1.82) is 0 Å². The van der Waals surface area contributed by atoms with Gasteiger partial charge in [-0.3, -0.25) is 19.5 Å². The van der Waals surface area contributed by atoms with Crippen molar-refractivity contribution in [2.45, 2.75) is 32.7 Å². The lowest BCUT2D eigenvalue weighted by atomic mass is 10.2. The number of aliphatic imine (C=N–C) groups is 1. The number of guanidine groups is 1. The molecule has 9 nitrogen and oxygen atoms in total. The Morgan fingerprint density at radius 1 is 1.00 bits per heavy atom. The molecule has 1 aromatic rings. The Balaban J connectivity index is 1.45. The zero-order valence-electron chi connectivity index (χ0n) is 19.2. The number of hydrogen-bond acceptors (Lipinski definition) is 5. The molecular formula is C23H36N6O3. The third-order valence-corrected chi connectivity index (χ3v) is 6.06. The number of benzene rings is 1. The van der Waals surface area contributed by atoms with Crippen molar-refractivity contribution < 1.29 is 14.7 Å². The van der Waals surface area contributed by atoms with Gasteiger partial charge in [-0.05, 0) is 51.0 Å². The molecule has 9 heteroatoms. The molecule has 2 amide bonds. The van der Waals surface area contributed by atoms with Gasteiger partial charge in [-0.15, -0.1) is 0 Å². The summed E-state index contributed by atoms with van der Waals surface area (Å²) in [6.45, 7) is 10.8. The van der Waals surface area contributed by atoms with Crippen LogP contribution in [0.25, 0.3) is 0 Å². The van der Waals surface area contributed by atoms with E-state index in [0.717, 1.165) is 64.6 Å². The van der Waals surface area contributed by atoms with E-state index in [-0.39, 0.29) is 23.6 Å². The Bertz CT molecular complexity index is 783. The first kappa shape index (κ1) is 23.8. The Hall–Kier alpha value is -2.81. The highest BCUT2D eigenvalue weighted by atomic mass is 16.3. The smallest absolute Gasteiger partial charge is 0.251 e. The third kappa shape index (κ3) is 6.35. The van der Waals surface area contributed by atoms with E-state index in [0.29, 0.717) is 18.7 Å². The molecule has 3 rings (SSSR count). The van der Waals surface area contributed by atoms with Gasteiger partial charge in [0.15, 0.2) is 5.96 Å². The van der Waals surface area contributed by atoms with Gasteiger partial charge in [0.1, 0.15) is 5.75 Å². The van der Waals surface area contributed by atoms with Gasteiger partial charge in [0, 0.05) is 57.9 Å². The van der Waals surface area contributed by atoms with E-state index in [2.05, 4.69) is 25.4 Å². The molecule has 0 spiro atoms. The fraction of sp³-hybridized carbons (Fsp3) is 0.609. The number of carbonyl (C=O) groups excluding carboxylic acids is 2. The van der Waals surface area contributed by atoms with Gasteiger partial charge in [-0.1, -0.05) is 0 Å². The van der Waals surface area contributed by atoms with Gasteiger partial charge < -0.3 is 25.5 Å². The topological polar surface area (TPSA) is 101 Å². The average Bonchev–Trinajstić information content (AvgIpc) is 3.35. The predicted octanol–water partition coefficient (Wildman–Crippen LogP) is 0.716. The van der Waals surface area contributed by atoms with Gasteiger partial charge in [-0.2, -0.15) is 0 Å². The number of nitrogens with one attached hydrogen (secondary N) is 2. The van der Waals surface area contributed by atoms with Crippen LogP contribution < -0.4 is 10.6 Å². The van der Waals surface area contributed by atoms with E-state index >= 15 is 0 Å². The minimum atomic E-state index is -0.185. The number of carbonyl (C=O) groups is 2. The second-order valence-electron chi connectivity index (χ2n) is 8.27. The van der Waals surface area contributed by atoms with E-state index in [1.54, 1.807) is 12.1 Å². The Labute approximate surface area is 190 Å². The number of phenolic OH excluding ortho intramolecular Hbond substituents is 1. The maximum Gasteiger partial charge on any atom is 0.251 e. The zero-order valence-corrected chi connectivity index (χ0v) is 19.2. The molecular weight excluding hydrogens is 408 g/mol. The molecule has 32 heavy (non-hydrogen) atoms. The molecule has 2 aliphatic rings. The van der Waals surface area contributed by atoms with Gasteiger partial charge in [0.2, 0.25) is 5.91 Å². The van der Waals surface area contributed by atoms with Crippen LogP contribution in [0.3, 0.4) is 0 Å². The van der Waals surface area contributed by atoms with Crippen molar-refractivity contribution in [2.75, 3.05) is 58.9 Å². The van der Waals surface area contributed by atoms with Crippen LogP contribution in [0.4, 0.5) is 0 Å². The summed E-state index contributed by atoms with van der Waals surface area (Å²) in [4.78, 5) is 36.0. The van der Waals surface area contributed by atoms with Gasteiger partial charge in [0.05, 0.1) is 12.6 Å². The fourth-order valence-corrected chi connectivity index (χ4v) is 4.15. The normalized spacial score (nSPS) is 18.5. The van der Waals surface area contributed by atoms with Crippen molar-refractivity contribution in [1.82, 2.24) is 25.3 Å². The van der Waals surface area contributed by atoms with Crippen LogP contribution in [0.5, 0.6) is 5.75 Å². The molecule has 2 saturated heterocycles. The van der Waals surface area contributed by atoms with Gasteiger partial charge in [-0.25, -0.2) is 0 Å². The standard InChI is InChI=1S/C23H36N6O3/c1-3-24-23(26-11-10-25-21(31)19-6-8-20(30)9-7-19)29-16-14-27(15-17-29)18(2)22(32)28-12-4-5-13-28/h6-9,18,30H,3-5,10-17H2,1-2H3,(H,24,26)(H,25,31). The van der Waals surface area contributed by atoms with E-state index in [4.69, 9.17) is 0 Å². The summed E-state index contributed by atoms with van der Waals surface area (Å²) in [7, 11) is 0. The average molecular weight is 445 g/mol. The number of rotatable bonds is 7. The lowest BCUT2D eigenvalue weighted by molar-refractivity contribution is -0.135. The van der Waals surface area contributed by atoms with Crippen LogP contribution in [0, 0.1) is 0 Å². The van der Waals surface area contributed by atoms with Crippen LogP contribution in [-0.4, -0.2) is 103 Å². The minimum absolute atomic E-state index is 0.0788. The summed E-state index contributed by atoms with van der Waals surface area (Å²) in [6, 6.07) is 6.09. The molecule has 1 atom stereocenters. The Kier molecular flexibility index (Phi) is 8.72. The summed E-state index contributed by atoms with van der Waals surface area (Å²) < 4.78 is 0. The van der Waals surface area contributed by atoms with Gasteiger partial charge >= 0.3 is 0 Å². The van der Waals surface area contributed by atoms with E-state index in [1.807, 2.05) is 18.7 Å². The van der Waals surface area contributed by atoms with E-state index < -0.39 is 0 Å². The van der Waals surface area contributed by atoms with Crippen LogP contribution in [-0.2, 0) is 4.79 Å². The zero-order chi connectivity index (χ0) is 22.9. The first-order valence-electron chi connectivity index (χ1n) is 11.6. The van der Waals surface area contributed by atoms with Crippen LogP contribution in [0.15, 0.2) is 29.3 Å². The number of hydrogen-bond donors (Lipinski definition) is 3. The van der Waals surface area contributed by atoms with Crippen LogP contribution >= 0.6 is 0 Å². The monoisotopic (exact) mass is 444 g/mol. The third-order valence-electron chi connectivity index (χ3n) is 6.06. The number of likely N-dealkylation sites (tertiary alicyclic amines) is 1. The lowest BCUT2D eigenvalue weighted by Gasteiger charge is -2.39. The second kappa shape index (κ2) is 11.7. The van der Waals surface area contributed by atoms with Crippen molar-refractivity contribution in [3.8, 4) is 5.75 Å². The molecule has 2 heterocycles. The number of nitrogens with zero attached hydrogens (tertiary/aromatic N) is 4. The maximum atomic E-state index is 12.7. The van der Waals surface area contributed by atoms with Crippen LogP contribution in [0.2, 0.25) is 0 Å². The van der Waals surface area contributed by atoms with E-state index in [9.17, 15) is 14.7 Å². The number of piperazine rings is 1. The summed E-state index contributed by atoms with van der Waals surface area (Å²) >= 11 is 0. The minimum Gasteiger partial charge on any atom is -0.508 e. The molecule has 3 N–H and O–H groups in total. The van der Waals surface area contributed by atoms with Crippen molar-refractivity contribution >= 4 is 17.8 Å². The molecule has 0 radical (unpaired) electrons. The molecule has 0 aromatic heterocycles. The molecule has 0 saturated carbocycles. The highest BCUT2D eigenvalue weighted by molar-refractivity contribution is 5.94. The molecule has 2 aliphatic heterocycles. The highest BCUT2D eigenvalue weighted by Gasteiger charge is 2.30. The first-order valence-corrected chi connectivity index (χ1v) is 11.6. The summed E-state index contributed by atoms with van der Waals surface area (Å²) in [5, 5.41) is 15.5. The quantitative estimate of drug-likeness (QED) is 0.326. The molecule has 1 unspecified atom stereocenters. The molecule has 0 bridgehead atoms. The largest absolute Gasteiger partial charge is 0.508 e.